The van der Waals surface area contributed by atoms with Crippen LogP contribution in [0.15, 0.2) is 29.1 Å². The van der Waals surface area contributed by atoms with Crippen molar-refractivity contribution in [2.24, 2.45) is 0 Å². The third kappa shape index (κ3) is 4.11. The van der Waals surface area contributed by atoms with Crippen molar-refractivity contribution in [3.63, 3.8) is 0 Å². The van der Waals surface area contributed by atoms with Crippen molar-refractivity contribution in [1.29, 1.82) is 0 Å². The number of anilines is 1. The molecule has 8 heteroatoms. The van der Waals surface area contributed by atoms with Crippen LogP contribution in [0.25, 0.3) is 0 Å². The van der Waals surface area contributed by atoms with Crippen molar-refractivity contribution >= 4 is 11.9 Å². The van der Waals surface area contributed by atoms with Gasteiger partial charge in [0.15, 0.2) is 11.5 Å². The van der Waals surface area contributed by atoms with Crippen LogP contribution in [0.1, 0.15) is 37.1 Å². The van der Waals surface area contributed by atoms with Crippen LogP contribution in [-0.2, 0) is 11.2 Å². The summed E-state index contributed by atoms with van der Waals surface area (Å²) in [4.78, 5) is 33.9. The van der Waals surface area contributed by atoms with Crippen LogP contribution in [0.3, 0.4) is 0 Å². The highest BCUT2D eigenvalue weighted by atomic mass is 16.6. The summed E-state index contributed by atoms with van der Waals surface area (Å²) in [5, 5.41) is 2.92. The monoisotopic (exact) mass is 384 g/mol. The molecule has 2 aliphatic heterocycles. The molecule has 2 aliphatic rings. The van der Waals surface area contributed by atoms with E-state index in [-0.39, 0.29) is 23.9 Å². The van der Waals surface area contributed by atoms with Crippen LogP contribution < -0.4 is 25.2 Å². The molecule has 0 spiro atoms. The van der Waals surface area contributed by atoms with Gasteiger partial charge in [-0.15, -0.1) is 0 Å². The van der Waals surface area contributed by atoms with Gasteiger partial charge in [0, 0.05) is 19.2 Å². The van der Waals surface area contributed by atoms with Gasteiger partial charge < -0.3 is 19.7 Å². The van der Waals surface area contributed by atoms with E-state index in [2.05, 4.69) is 20.2 Å². The maximum Gasteiger partial charge on any atom is 0.252 e. The first-order valence-electron chi connectivity index (χ1n) is 9.62. The van der Waals surface area contributed by atoms with Gasteiger partial charge in [-0.1, -0.05) is 6.07 Å². The summed E-state index contributed by atoms with van der Waals surface area (Å²) < 4.78 is 11.1. The molecule has 0 bridgehead atoms. The number of benzene rings is 1. The van der Waals surface area contributed by atoms with Gasteiger partial charge in [0.05, 0.1) is 18.2 Å². The second-order valence-corrected chi connectivity index (χ2v) is 7.13. The van der Waals surface area contributed by atoms with Crippen LogP contribution in [0.2, 0.25) is 0 Å². The third-order valence-corrected chi connectivity index (χ3v) is 4.95. The van der Waals surface area contributed by atoms with Crippen LogP contribution in [0, 0.1) is 0 Å². The standard InChI is InChI=1S/C20H24N4O4/c1-13(15-12-19(26)23-20(22-15)24-6-2-3-7-24)21-18(25)11-14-4-5-16-17(10-14)28-9-8-27-16/h4-5,10,12-13H,2-3,6-9,11H2,1H3,(H,21,25)(H,22,23,26). The Morgan fingerprint density at radius 1 is 1.21 bits per heavy atom. The van der Waals surface area contributed by atoms with Gasteiger partial charge >= 0.3 is 0 Å². The summed E-state index contributed by atoms with van der Waals surface area (Å²) in [7, 11) is 0. The maximum atomic E-state index is 12.5. The van der Waals surface area contributed by atoms with E-state index in [1.165, 1.54) is 6.07 Å². The molecule has 8 nitrogen and oxygen atoms in total. The minimum absolute atomic E-state index is 0.144. The van der Waals surface area contributed by atoms with E-state index in [0.29, 0.717) is 36.4 Å². The zero-order valence-corrected chi connectivity index (χ0v) is 15.9. The first kappa shape index (κ1) is 18.3. The molecule has 1 aromatic carbocycles. The van der Waals surface area contributed by atoms with Crippen molar-refractivity contribution in [3.05, 3.63) is 45.9 Å². The molecule has 0 aliphatic carbocycles. The van der Waals surface area contributed by atoms with Crippen molar-refractivity contribution in [2.75, 3.05) is 31.2 Å². The Morgan fingerprint density at radius 3 is 2.75 bits per heavy atom. The molecule has 4 rings (SSSR count). The number of nitrogens with one attached hydrogen (secondary N) is 2. The average Bonchev–Trinajstić information content (AvgIpc) is 3.22. The summed E-state index contributed by atoms with van der Waals surface area (Å²) >= 11 is 0. The van der Waals surface area contributed by atoms with E-state index in [1.807, 2.05) is 25.1 Å². The number of fused-ring (bicyclic) bond motifs is 1. The zero-order valence-electron chi connectivity index (χ0n) is 15.9. The molecule has 1 aromatic heterocycles. The van der Waals surface area contributed by atoms with E-state index in [0.717, 1.165) is 31.5 Å². The average molecular weight is 384 g/mol. The summed E-state index contributed by atoms with van der Waals surface area (Å²) in [5.41, 5.74) is 1.19. The number of rotatable bonds is 5. The SMILES string of the molecule is CC(NC(=O)Cc1ccc2c(c1)OCCO2)c1cc(=O)[nH]c(N2CCCC2)n1. The third-order valence-electron chi connectivity index (χ3n) is 4.95. The Bertz CT molecular complexity index is 921. The Kier molecular flexibility index (Phi) is 5.18. The molecule has 2 aromatic rings. The number of H-pyrrole nitrogens is 1. The normalized spacial score (nSPS) is 16.7. The number of carbonyl (C=O) groups is 1. The van der Waals surface area contributed by atoms with Crippen LogP contribution in [-0.4, -0.2) is 42.2 Å². The van der Waals surface area contributed by atoms with Crippen molar-refractivity contribution < 1.29 is 14.3 Å². The lowest BCUT2D eigenvalue weighted by molar-refractivity contribution is -0.121. The van der Waals surface area contributed by atoms with Gasteiger partial charge in [-0.2, -0.15) is 0 Å². The van der Waals surface area contributed by atoms with E-state index in [4.69, 9.17) is 9.47 Å². The minimum Gasteiger partial charge on any atom is -0.486 e. The van der Waals surface area contributed by atoms with Gasteiger partial charge in [-0.3, -0.25) is 14.6 Å². The number of amides is 1. The second-order valence-electron chi connectivity index (χ2n) is 7.13. The number of aromatic amines is 1. The van der Waals surface area contributed by atoms with E-state index >= 15 is 0 Å². The highest BCUT2D eigenvalue weighted by Crippen LogP contribution is 2.30. The molecule has 148 valence electrons. The lowest BCUT2D eigenvalue weighted by Crippen LogP contribution is -2.31. The fourth-order valence-electron chi connectivity index (χ4n) is 3.51. The number of hydrogen-bond acceptors (Lipinski definition) is 6. The molecule has 1 saturated heterocycles. The second kappa shape index (κ2) is 7.92. The first-order valence-corrected chi connectivity index (χ1v) is 9.62. The van der Waals surface area contributed by atoms with Gasteiger partial charge in [-0.25, -0.2) is 4.98 Å². The molecule has 1 amide bonds. The van der Waals surface area contributed by atoms with Gasteiger partial charge in [0.1, 0.15) is 13.2 Å². The van der Waals surface area contributed by atoms with Gasteiger partial charge in [0.2, 0.25) is 11.9 Å². The number of ether oxygens (including phenoxy) is 2. The first-order chi connectivity index (χ1) is 13.6. The topological polar surface area (TPSA) is 96.5 Å². The highest BCUT2D eigenvalue weighted by molar-refractivity contribution is 5.79. The molecular formula is C20H24N4O4. The summed E-state index contributed by atoms with van der Waals surface area (Å²) in [6, 6.07) is 6.58. The predicted octanol–water partition coefficient (Wildman–Crippen LogP) is 1.56. The van der Waals surface area contributed by atoms with Crippen molar-refractivity contribution in [3.8, 4) is 11.5 Å². The molecule has 28 heavy (non-hydrogen) atoms. The number of carbonyl (C=O) groups excluding carboxylic acids is 1. The molecule has 1 unspecified atom stereocenters. The van der Waals surface area contributed by atoms with Gasteiger partial charge in [0.25, 0.3) is 5.56 Å². The molecule has 0 radical (unpaired) electrons. The van der Waals surface area contributed by atoms with Crippen LogP contribution >= 0.6 is 0 Å². The summed E-state index contributed by atoms with van der Waals surface area (Å²) in [5.74, 6) is 1.80. The fraction of sp³-hybridized carbons (Fsp3) is 0.450. The lowest BCUT2D eigenvalue weighted by Gasteiger charge is -2.20. The minimum atomic E-state index is -0.367. The highest BCUT2D eigenvalue weighted by Gasteiger charge is 2.19. The maximum absolute atomic E-state index is 12.5. The lowest BCUT2D eigenvalue weighted by atomic mass is 10.1. The smallest absolute Gasteiger partial charge is 0.252 e. The van der Waals surface area contributed by atoms with E-state index in [9.17, 15) is 9.59 Å². The zero-order chi connectivity index (χ0) is 19.5. The summed E-state index contributed by atoms with van der Waals surface area (Å²) in [6.45, 7) is 4.64. The number of aromatic nitrogens is 2. The van der Waals surface area contributed by atoms with Crippen molar-refractivity contribution in [1.82, 2.24) is 15.3 Å². The Balaban J connectivity index is 1.42. The number of nitrogens with zero attached hydrogens (tertiary/aromatic N) is 2. The quantitative estimate of drug-likeness (QED) is 0.812. The molecule has 1 atom stereocenters. The van der Waals surface area contributed by atoms with E-state index in [1.54, 1.807) is 0 Å². The Labute approximate surface area is 162 Å². The van der Waals surface area contributed by atoms with E-state index < -0.39 is 0 Å². The largest absolute Gasteiger partial charge is 0.486 e. The molecule has 0 saturated carbocycles. The Hall–Kier alpha value is -3.03. The van der Waals surface area contributed by atoms with Crippen molar-refractivity contribution in [2.45, 2.75) is 32.2 Å². The molecule has 2 N–H and O–H groups in total. The Morgan fingerprint density at radius 2 is 1.96 bits per heavy atom. The molecule has 3 heterocycles. The van der Waals surface area contributed by atoms with Crippen LogP contribution in [0.4, 0.5) is 5.95 Å². The summed E-state index contributed by atoms with van der Waals surface area (Å²) in [6.07, 6.45) is 2.40. The van der Waals surface area contributed by atoms with Gasteiger partial charge in [-0.05, 0) is 37.5 Å². The fourth-order valence-corrected chi connectivity index (χ4v) is 3.51. The molecular weight excluding hydrogens is 360 g/mol. The number of hydrogen-bond donors (Lipinski definition) is 2. The molecule has 1 fully saturated rings. The van der Waals surface area contributed by atoms with Crippen LogP contribution in [0.5, 0.6) is 11.5 Å². The predicted molar refractivity (Wildman–Crippen MR) is 104 cm³/mol.